The predicted octanol–water partition coefficient (Wildman–Crippen LogP) is 12.4. The molecule has 6 nitrogen and oxygen atoms in total. The molecule has 0 radical (unpaired) electrons. The number of halogens is 6. The summed E-state index contributed by atoms with van der Waals surface area (Å²) < 4.78 is 0. The minimum atomic E-state index is -1.42. The van der Waals surface area contributed by atoms with E-state index < -0.39 is 29.3 Å². The molecule has 0 bridgehead atoms. The number of hydrogen-bond donors (Lipinski definition) is 0. The first kappa shape index (κ1) is 35.5. The second-order valence-corrected chi connectivity index (χ2v) is 16.0. The summed E-state index contributed by atoms with van der Waals surface area (Å²) in [5, 5.41) is 0.360. The monoisotopic (exact) mass is 838 g/mol. The van der Waals surface area contributed by atoms with Crippen LogP contribution in [0.3, 0.4) is 0 Å². The molecule has 1 unspecified atom stereocenters. The number of nitrogens with zero attached hydrogens (tertiary/aromatic N) is 2. The van der Waals surface area contributed by atoms with Crippen LogP contribution in [0.25, 0.3) is 10.9 Å². The van der Waals surface area contributed by atoms with Gasteiger partial charge in [0.25, 0.3) is 11.8 Å². The molecule has 0 fully saturated rings. The van der Waals surface area contributed by atoms with Gasteiger partial charge in [-0.2, -0.15) is 0 Å². The summed E-state index contributed by atoms with van der Waals surface area (Å²) in [7, 11) is 0. The number of ketones is 2. The van der Waals surface area contributed by atoms with Crippen LogP contribution in [0.5, 0.6) is 0 Å². The van der Waals surface area contributed by atoms with E-state index in [1.165, 1.54) is 35.7 Å². The molecule has 5 aromatic carbocycles. The van der Waals surface area contributed by atoms with E-state index in [1.807, 2.05) is 60.7 Å². The second-order valence-electron chi connectivity index (χ2n) is 11.6. The molecule has 52 heavy (non-hydrogen) atoms. The van der Waals surface area contributed by atoms with Crippen molar-refractivity contribution in [3.63, 3.8) is 0 Å². The van der Waals surface area contributed by atoms with Gasteiger partial charge < -0.3 is 0 Å². The van der Waals surface area contributed by atoms with Gasteiger partial charge in [-0.3, -0.25) is 19.2 Å². The van der Waals surface area contributed by atoms with Crippen molar-refractivity contribution < 1.29 is 19.2 Å². The third-order valence-corrected chi connectivity index (χ3v) is 13.7. The summed E-state index contributed by atoms with van der Waals surface area (Å²) in [5.41, 5.74) is -0.0796. The zero-order chi connectivity index (χ0) is 36.6. The summed E-state index contributed by atoms with van der Waals surface area (Å²) in [6.07, 6.45) is 0. The minimum Gasteiger partial charge on any atom is -0.293 e. The Hall–Kier alpha value is -3.57. The van der Waals surface area contributed by atoms with E-state index in [2.05, 4.69) is 0 Å². The largest absolute Gasteiger partial charge is 0.293 e. The van der Waals surface area contributed by atoms with E-state index in [9.17, 15) is 19.2 Å². The second kappa shape index (κ2) is 13.7. The summed E-state index contributed by atoms with van der Waals surface area (Å²) in [4.78, 5) is 64.1. The van der Waals surface area contributed by atoms with Crippen LogP contribution in [0, 0.1) is 0 Å². The van der Waals surface area contributed by atoms with Gasteiger partial charge in [-0.15, -0.1) is 0 Å². The fourth-order valence-electron chi connectivity index (χ4n) is 6.23. The number of amides is 2. The Morgan fingerprint density at radius 3 is 1.54 bits per heavy atom. The maximum atomic E-state index is 14.1. The molecule has 6 aromatic rings. The van der Waals surface area contributed by atoms with Crippen molar-refractivity contribution in [2.75, 3.05) is 4.90 Å². The van der Waals surface area contributed by atoms with Gasteiger partial charge in [0.2, 0.25) is 0 Å². The van der Waals surface area contributed by atoms with Crippen LogP contribution in [-0.4, -0.2) is 28.4 Å². The minimum absolute atomic E-state index is 0.00354. The van der Waals surface area contributed by atoms with Crippen LogP contribution >= 0.6 is 93.1 Å². The highest BCUT2D eigenvalue weighted by Gasteiger charge is 2.46. The molecule has 256 valence electrons. The third kappa shape index (κ3) is 5.55. The summed E-state index contributed by atoms with van der Waals surface area (Å²) >= 11 is 42.6. The van der Waals surface area contributed by atoms with Gasteiger partial charge in [0.15, 0.2) is 11.6 Å². The lowest BCUT2D eigenvalue weighted by Gasteiger charge is -2.17. The Bertz CT molecular complexity index is 2590. The Morgan fingerprint density at radius 1 is 0.500 bits per heavy atom. The van der Waals surface area contributed by atoms with E-state index in [0.717, 1.165) is 14.7 Å². The number of carbonyl (C=O) groups is 4. The van der Waals surface area contributed by atoms with Crippen molar-refractivity contribution in [1.29, 1.82) is 0 Å². The average Bonchev–Trinajstić information content (AvgIpc) is 3.57. The lowest BCUT2D eigenvalue weighted by Crippen LogP contribution is -2.30. The molecule has 1 aromatic heterocycles. The first-order valence-corrected chi connectivity index (χ1v) is 19.1. The predicted molar refractivity (Wildman–Crippen MR) is 208 cm³/mol. The first-order chi connectivity index (χ1) is 25.0. The van der Waals surface area contributed by atoms with Crippen molar-refractivity contribution in [2.45, 2.75) is 25.5 Å². The molecule has 14 heteroatoms. The number of fused-ring (bicyclic) bond motifs is 3. The molecule has 1 atom stereocenters. The normalized spacial score (nSPS) is 15.2. The Labute approximate surface area is 334 Å². The molecule has 0 N–H and O–H groups in total. The van der Waals surface area contributed by atoms with Gasteiger partial charge in [0, 0.05) is 15.2 Å². The lowest BCUT2D eigenvalue weighted by molar-refractivity contribution is 0.0882. The molecule has 0 saturated heterocycles. The molecule has 1 aliphatic carbocycles. The van der Waals surface area contributed by atoms with Crippen molar-refractivity contribution in [3.8, 4) is 0 Å². The number of para-hydroxylation sites is 1. The quantitative estimate of drug-likeness (QED) is 0.0938. The van der Waals surface area contributed by atoms with Gasteiger partial charge in [-0.1, -0.05) is 148 Å². The number of hydrogen-bond acceptors (Lipinski definition) is 7. The van der Waals surface area contributed by atoms with Crippen molar-refractivity contribution in [3.05, 3.63) is 149 Å². The van der Waals surface area contributed by atoms with Gasteiger partial charge >= 0.3 is 0 Å². The Balaban J connectivity index is 1.20. The number of imide groups is 1. The first-order valence-electron chi connectivity index (χ1n) is 15.2. The van der Waals surface area contributed by atoms with Gasteiger partial charge in [0.05, 0.1) is 79.1 Å². The zero-order valence-electron chi connectivity index (χ0n) is 25.8. The number of anilines is 1. The lowest BCUT2D eigenvalue weighted by atomic mass is 9.98. The molecule has 1 aliphatic heterocycles. The van der Waals surface area contributed by atoms with Crippen LogP contribution in [0.4, 0.5) is 5.69 Å². The highest BCUT2D eigenvalue weighted by atomic mass is 35.5. The van der Waals surface area contributed by atoms with Crippen LogP contribution in [0.1, 0.15) is 53.0 Å². The SMILES string of the molecule is O=C1c2c(Cl)c(Cl)c(Sc3ccccc3)c(Cl)c2C(=O)C1c1ccc2cccc(N3C(=O)c4c(Cl)c(Cl)c(Sc5ccccc5)c(Cl)c4C3=O)c2n1. The van der Waals surface area contributed by atoms with Gasteiger partial charge in [-0.05, 0) is 36.4 Å². The molecule has 0 spiro atoms. The Morgan fingerprint density at radius 2 is 0.981 bits per heavy atom. The number of Topliss-reactive ketones (excluding diaryl/α,β-unsaturated/α-hetero) is 2. The standard InChI is InChI=1S/C38H16Cl6N2O4S2/c39-26-22-23(28(41)35(30(26)43)51-17-9-3-1-4-10-17)34(48)21(33(22)47)19-15-14-16-8-7-13-20(32(16)45-19)46-37(49)24-25(38(46)50)29(42)36(31(44)27(24)40)52-18-11-5-2-6-12-18/h1-15,21H. The summed E-state index contributed by atoms with van der Waals surface area (Å²) in [6, 6.07) is 26.5. The van der Waals surface area contributed by atoms with Gasteiger partial charge in [-0.25, -0.2) is 9.88 Å². The smallest absolute Gasteiger partial charge is 0.267 e. The number of rotatable bonds is 6. The summed E-state index contributed by atoms with van der Waals surface area (Å²) in [6.45, 7) is 0. The van der Waals surface area contributed by atoms with Crippen LogP contribution in [0.2, 0.25) is 30.1 Å². The van der Waals surface area contributed by atoms with E-state index in [1.54, 1.807) is 18.2 Å². The molecule has 2 heterocycles. The molecule has 2 aliphatic rings. The van der Waals surface area contributed by atoms with Crippen LogP contribution in [-0.2, 0) is 0 Å². The van der Waals surface area contributed by atoms with Crippen molar-refractivity contribution >= 4 is 133 Å². The van der Waals surface area contributed by atoms with Gasteiger partial charge in [0.1, 0.15) is 5.92 Å². The fraction of sp³-hybridized carbons (Fsp3) is 0.0263. The Kier molecular flexibility index (Phi) is 9.33. The molecule has 8 rings (SSSR count). The third-order valence-electron chi connectivity index (χ3n) is 8.60. The summed E-state index contributed by atoms with van der Waals surface area (Å²) in [5.74, 6) is -4.16. The topological polar surface area (TPSA) is 84.4 Å². The highest BCUT2D eigenvalue weighted by Crippen LogP contribution is 2.52. The molecule has 2 amide bonds. The van der Waals surface area contributed by atoms with E-state index in [-0.39, 0.29) is 69.3 Å². The number of aromatic nitrogens is 1. The van der Waals surface area contributed by atoms with Crippen molar-refractivity contribution in [1.82, 2.24) is 4.98 Å². The fourth-order valence-corrected chi connectivity index (χ4v) is 10.2. The molecular formula is C38H16Cl6N2O4S2. The average molecular weight is 841 g/mol. The van der Waals surface area contributed by atoms with E-state index in [4.69, 9.17) is 74.6 Å². The highest BCUT2D eigenvalue weighted by molar-refractivity contribution is 7.99. The number of carbonyl (C=O) groups excluding carboxylic acids is 4. The van der Waals surface area contributed by atoms with E-state index >= 15 is 0 Å². The number of pyridine rings is 1. The number of benzene rings is 5. The zero-order valence-corrected chi connectivity index (χ0v) is 32.0. The molecular weight excluding hydrogens is 825 g/mol. The maximum Gasteiger partial charge on any atom is 0.267 e. The van der Waals surface area contributed by atoms with Crippen LogP contribution in [0.15, 0.2) is 111 Å². The van der Waals surface area contributed by atoms with E-state index in [0.29, 0.717) is 15.2 Å². The maximum absolute atomic E-state index is 14.1. The van der Waals surface area contributed by atoms with Crippen LogP contribution < -0.4 is 4.90 Å². The van der Waals surface area contributed by atoms with Crippen molar-refractivity contribution in [2.24, 2.45) is 0 Å². The molecule has 0 saturated carbocycles.